The van der Waals surface area contributed by atoms with E-state index in [0.717, 1.165) is 12.5 Å². The summed E-state index contributed by atoms with van der Waals surface area (Å²) in [5, 5.41) is 3.99. The van der Waals surface area contributed by atoms with Crippen molar-refractivity contribution in [2.75, 3.05) is 20.6 Å². The lowest BCUT2D eigenvalue weighted by molar-refractivity contribution is 0.0768. The molecule has 0 aromatic heterocycles. The largest absolute Gasteiger partial charge is 0.310 e. The van der Waals surface area contributed by atoms with Crippen LogP contribution in [-0.2, 0) is 0 Å². The number of rotatable bonds is 6. The van der Waals surface area contributed by atoms with Crippen LogP contribution in [0.15, 0.2) is 0 Å². The van der Waals surface area contributed by atoms with Gasteiger partial charge in [0.05, 0.1) is 0 Å². The molecule has 1 rings (SSSR count). The molecule has 1 unspecified atom stereocenters. The Balaban J connectivity index is 2.66. The Labute approximate surface area is 127 Å². The summed E-state index contributed by atoms with van der Waals surface area (Å²) in [4.78, 5) is 2.32. The summed E-state index contributed by atoms with van der Waals surface area (Å²) in [6.45, 7) is 15.6. The predicted molar refractivity (Wildman–Crippen MR) is 90.1 cm³/mol. The number of likely N-dealkylation sites (N-methyl/N-ethyl adjacent to an activating group) is 1. The van der Waals surface area contributed by atoms with Gasteiger partial charge in [0.2, 0.25) is 0 Å². The van der Waals surface area contributed by atoms with Gasteiger partial charge in [0.1, 0.15) is 0 Å². The van der Waals surface area contributed by atoms with Gasteiger partial charge in [-0.05, 0) is 56.5 Å². The monoisotopic (exact) mass is 282 g/mol. The Morgan fingerprint density at radius 3 is 1.95 bits per heavy atom. The predicted octanol–water partition coefficient (Wildman–Crippen LogP) is 4.16. The van der Waals surface area contributed by atoms with Gasteiger partial charge in [0.15, 0.2) is 0 Å². The maximum atomic E-state index is 3.99. The second kappa shape index (κ2) is 6.79. The summed E-state index contributed by atoms with van der Waals surface area (Å²) in [6.07, 6.45) is 5.26. The Morgan fingerprint density at radius 1 is 1.05 bits per heavy atom. The van der Waals surface area contributed by atoms with E-state index in [2.05, 4.69) is 65.9 Å². The van der Waals surface area contributed by atoms with Crippen molar-refractivity contribution in [1.29, 1.82) is 0 Å². The minimum absolute atomic E-state index is 0.472. The van der Waals surface area contributed by atoms with E-state index < -0.39 is 0 Å². The molecule has 0 spiro atoms. The van der Waals surface area contributed by atoms with Crippen LogP contribution in [-0.4, -0.2) is 37.6 Å². The molecule has 20 heavy (non-hydrogen) atoms. The molecule has 1 N–H and O–H groups in total. The lowest BCUT2D eigenvalue weighted by Gasteiger charge is -2.46. The fourth-order valence-corrected chi connectivity index (χ4v) is 4.50. The first-order valence-corrected chi connectivity index (χ1v) is 8.40. The molecular formula is C18H38N2. The third-order valence-electron chi connectivity index (χ3n) is 4.37. The van der Waals surface area contributed by atoms with E-state index in [1.807, 2.05) is 0 Å². The van der Waals surface area contributed by atoms with Crippen LogP contribution in [0.2, 0.25) is 0 Å². The lowest BCUT2D eigenvalue weighted by atomic mass is 9.63. The van der Waals surface area contributed by atoms with Crippen molar-refractivity contribution in [3.8, 4) is 0 Å². The van der Waals surface area contributed by atoms with Crippen molar-refractivity contribution >= 4 is 0 Å². The zero-order valence-corrected chi connectivity index (χ0v) is 15.2. The molecule has 0 radical (unpaired) electrons. The van der Waals surface area contributed by atoms with Gasteiger partial charge in [-0.2, -0.15) is 0 Å². The fraction of sp³-hybridized carbons (Fsp3) is 1.00. The topological polar surface area (TPSA) is 15.3 Å². The minimum atomic E-state index is 0.472. The van der Waals surface area contributed by atoms with Crippen molar-refractivity contribution in [2.45, 2.75) is 79.3 Å². The van der Waals surface area contributed by atoms with Gasteiger partial charge in [-0.25, -0.2) is 0 Å². The Bertz CT molecular complexity index is 266. The van der Waals surface area contributed by atoms with Crippen LogP contribution in [0.4, 0.5) is 0 Å². The molecule has 0 aromatic carbocycles. The van der Waals surface area contributed by atoms with Gasteiger partial charge in [-0.15, -0.1) is 0 Å². The molecule has 1 fully saturated rings. The molecule has 1 aliphatic rings. The van der Waals surface area contributed by atoms with E-state index in [0.29, 0.717) is 22.9 Å². The normalized spacial score (nSPS) is 24.3. The van der Waals surface area contributed by atoms with Crippen molar-refractivity contribution in [3.05, 3.63) is 0 Å². The van der Waals surface area contributed by atoms with Gasteiger partial charge in [0, 0.05) is 18.6 Å². The van der Waals surface area contributed by atoms with Crippen molar-refractivity contribution < 1.29 is 0 Å². The molecule has 0 aromatic rings. The summed E-state index contributed by atoms with van der Waals surface area (Å²) < 4.78 is 0. The van der Waals surface area contributed by atoms with Crippen molar-refractivity contribution in [3.63, 3.8) is 0 Å². The molecule has 120 valence electrons. The summed E-state index contributed by atoms with van der Waals surface area (Å²) >= 11 is 0. The molecule has 2 nitrogen and oxygen atoms in total. The Kier molecular flexibility index (Phi) is 6.10. The average molecular weight is 283 g/mol. The molecule has 2 heteroatoms. The summed E-state index contributed by atoms with van der Waals surface area (Å²) in [7, 11) is 4.37. The highest BCUT2D eigenvalue weighted by Gasteiger charge is 2.38. The van der Waals surface area contributed by atoms with Crippen molar-refractivity contribution in [1.82, 2.24) is 10.2 Å². The summed E-state index contributed by atoms with van der Waals surface area (Å²) in [6, 6.07) is 1.30. The van der Waals surface area contributed by atoms with Crippen LogP contribution in [0.5, 0.6) is 0 Å². The fourth-order valence-electron chi connectivity index (χ4n) is 4.50. The summed E-state index contributed by atoms with van der Waals surface area (Å²) in [5.74, 6) is 0.761. The molecular weight excluding hydrogens is 244 g/mol. The molecule has 0 heterocycles. The SMILES string of the molecule is CC(C)CC(CN(C)C)NC1CC(C)(C)CC(C)(C)C1. The van der Waals surface area contributed by atoms with Crippen LogP contribution >= 0.6 is 0 Å². The molecule has 0 saturated heterocycles. The first-order valence-electron chi connectivity index (χ1n) is 8.40. The van der Waals surface area contributed by atoms with Crippen LogP contribution < -0.4 is 5.32 Å². The molecule has 0 bridgehead atoms. The number of hydrogen-bond donors (Lipinski definition) is 1. The molecule has 1 saturated carbocycles. The highest BCUT2D eigenvalue weighted by molar-refractivity contribution is 4.93. The summed E-state index contributed by atoms with van der Waals surface area (Å²) in [5.41, 5.74) is 0.944. The van der Waals surface area contributed by atoms with E-state index >= 15 is 0 Å². The van der Waals surface area contributed by atoms with Crippen LogP contribution in [0.3, 0.4) is 0 Å². The van der Waals surface area contributed by atoms with E-state index in [1.165, 1.54) is 25.7 Å². The maximum absolute atomic E-state index is 3.99. The van der Waals surface area contributed by atoms with Crippen LogP contribution in [0.1, 0.15) is 67.2 Å². The van der Waals surface area contributed by atoms with Gasteiger partial charge < -0.3 is 10.2 Å². The average Bonchev–Trinajstić information content (AvgIpc) is 2.08. The molecule has 1 aliphatic carbocycles. The third kappa shape index (κ3) is 6.58. The van der Waals surface area contributed by atoms with E-state index in [-0.39, 0.29) is 0 Å². The maximum Gasteiger partial charge on any atom is 0.0199 e. The first kappa shape index (κ1) is 18.0. The van der Waals surface area contributed by atoms with Gasteiger partial charge in [-0.1, -0.05) is 41.5 Å². The molecule has 1 atom stereocenters. The van der Waals surface area contributed by atoms with E-state index in [4.69, 9.17) is 0 Å². The van der Waals surface area contributed by atoms with Gasteiger partial charge in [0.25, 0.3) is 0 Å². The Hall–Kier alpha value is -0.0800. The second-order valence-corrected chi connectivity index (χ2v) is 9.37. The highest BCUT2D eigenvalue weighted by Crippen LogP contribution is 2.45. The Morgan fingerprint density at radius 2 is 1.55 bits per heavy atom. The van der Waals surface area contributed by atoms with Gasteiger partial charge >= 0.3 is 0 Å². The van der Waals surface area contributed by atoms with E-state index in [9.17, 15) is 0 Å². The second-order valence-electron chi connectivity index (χ2n) is 9.37. The zero-order chi connectivity index (χ0) is 15.6. The zero-order valence-electron chi connectivity index (χ0n) is 15.2. The van der Waals surface area contributed by atoms with Crippen LogP contribution in [0, 0.1) is 16.7 Å². The minimum Gasteiger partial charge on any atom is -0.310 e. The van der Waals surface area contributed by atoms with Crippen LogP contribution in [0.25, 0.3) is 0 Å². The van der Waals surface area contributed by atoms with Gasteiger partial charge in [-0.3, -0.25) is 0 Å². The molecule has 0 amide bonds. The lowest BCUT2D eigenvalue weighted by Crippen LogP contribution is -2.50. The highest BCUT2D eigenvalue weighted by atomic mass is 15.1. The molecule has 0 aliphatic heterocycles. The smallest absolute Gasteiger partial charge is 0.0199 e. The third-order valence-corrected chi connectivity index (χ3v) is 4.37. The van der Waals surface area contributed by atoms with E-state index in [1.54, 1.807) is 0 Å². The van der Waals surface area contributed by atoms with Crippen molar-refractivity contribution in [2.24, 2.45) is 16.7 Å². The first-order chi connectivity index (χ1) is 8.99. The number of hydrogen-bond acceptors (Lipinski definition) is 2. The number of nitrogens with zero attached hydrogens (tertiary/aromatic N) is 1. The standard InChI is InChI=1S/C18H38N2/c1-14(2)9-15(12-20(7)8)19-16-10-17(3,4)13-18(5,6)11-16/h14-16,19H,9-13H2,1-8H3. The quantitative estimate of drug-likeness (QED) is 0.787. The number of nitrogens with one attached hydrogen (secondary N) is 1.